The minimum absolute atomic E-state index is 0.0587. The number of Topliss-reactive ketones (excluding diaryl/α,β-unsaturated/α-hetero) is 2. The van der Waals surface area contributed by atoms with E-state index >= 15 is 0 Å². The molecule has 2 rings (SSSR count). The van der Waals surface area contributed by atoms with Gasteiger partial charge >= 0.3 is 12.1 Å². The van der Waals surface area contributed by atoms with Gasteiger partial charge in [0, 0.05) is 24.0 Å². The van der Waals surface area contributed by atoms with Gasteiger partial charge in [-0.3, -0.25) is 9.59 Å². The fourth-order valence-corrected chi connectivity index (χ4v) is 1.69. The molecule has 8 heteroatoms. The molecule has 0 fully saturated rings. The Morgan fingerprint density at radius 2 is 1.87 bits per heavy atom. The molecule has 0 aliphatic carbocycles. The van der Waals surface area contributed by atoms with Gasteiger partial charge in [-0.2, -0.15) is 18.2 Å². The van der Waals surface area contributed by atoms with Gasteiger partial charge in [0.25, 0.3) is 0 Å². The number of hydrogen-bond acceptors (Lipinski definition) is 5. The molecule has 2 aromatic rings. The van der Waals surface area contributed by atoms with E-state index in [1.54, 1.807) is 0 Å². The predicted molar refractivity (Wildman–Crippen MR) is 72.1 cm³/mol. The van der Waals surface area contributed by atoms with E-state index in [2.05, 4.69) is 20.6 Å². The molecular weight excluding hydrogens is 313 g/mol. The molecule has 0 atom stereocenters. The first-order chi connectivity index (χ1) is 10.8. The molecule has 1 aromatic heterocycles. The van der Waals surface area contributed by atoms with Crippen LogP contribution in [0.1, 0.15) is 29.1 Å². The quantitative estimate of drug-likeness (QED) is 0.481. The smallest absolute Gasteiger partial charge is 0.329 e. The average molecular weight is 322 g/mol. The molecule has 0 amide bonds. The average Bonchev–Trinajstić information content (AvgIpc) is 3.02. The van der Waals surface area contributed by atoms with Gasteiger partial charge in [0.05, 0.1) is 0 Å². The number of halogens is 3. The maximum atomic E-state index is 12.4. The molecule has 0 aliphatic heterocycles. The van der Waals surface area contributed by atoms with E-state index in [1.807, 2.05) is 0 Å². The maximum Gasteiger partial charge on any atom is 0.471 e. The SMILES string of the molecule is C#CCCC(=O)C(=O)c1ccc(-c2noc(C(F)(F)F)n2)cc1. The fourth-order valence-electron chi connectivity index (χ4n) is 1.69. The normalized spacial score (nSPS) is 11.0. The first kappa shape index (κ1) is 16.4. The Kier molecular flexibility index (Phi) is 4.60. The van der Waals surface area contributed by atoms with Crippen molar-refractivity contribution in [3.05, 3.63) is 35.7 Å². The lowest BCUT2D eigenvalue weighted by Gasteiger charge is -2.00. The zero-order valence-corrected chi connectivity index (χ0v) is 11.6. The third-order valence-corrected chi connectivity index (χ3v) is 2.82. The molecule has 1 heterocycles. The molecule has 0 bridgehead atoms. The van der Waals surface area contributed by atoms with Crippen molar-refractivity contribution in [1.29, 1.82) is 0 Å². The molecule has 118 valence electrons. The van der Waals surface area contributed by atoms with E-state index in [4.69, 9.17) is 6.42 Å². The molecule has 0 saturated carbocycles. The Balaban J connectivity index is 2.17. The lowest BCUT2D eigenvalue weighted by Crippen LogP contribution is -2.13. The molecule has 0 N–H and O–H groups in total. The van der Waals surface area contributed by atoms with Crippen molar-refractivity contribution >= 4 is 11.6 Å². The van der Waals surface area contributed by atoms with Gasteiger partial charge in [-0.05, 0) is 0 Å². The van der Waals surface area contributed by atoms with Gasteiger partial charge in [-0.15, -0.1) is 12.3 Å². The van der Waals surface area contributed by atoms with Crippen molar-refractivity contribution in [3.8, 4) is 23.7 Å². The lowest BCUT2D eigenvalue weighted by molar-refractivity contribution is -0.159. The Morgan fingerprint density at radius 1 is 1.22 bits per heavy atom. The maximum absolute atomic E-state index is 12.4. The zero-order chi connectivity index (χ0) is 17.0. The lowest BCUT2D eigenvalue weighted by atomic mass is 10.0. The zero-order valence-electron chi connectivity index (χ0n) is 11.6. The molecule has 0 radical (unpaired) electrons. The Labute approximate surface area is 128 Å². The second-order valence-electron chi connectivity index (χ2n) is 4.45. The summed E-state index contributed by atoms with van der Waals surface area (Å²) in [6.07, 6.45) is 0.384. The van der Waals surface area contributed by atoms with Crippen molar-refractivity contribution in [2.24, 2.45) is 0 Å². The van der Waals surface area contributed by atoms with E-state index in [0.29, 0.717) is 0 Å². The van der Waals surface area contributed by atoms with Crippen LogP contribution in [0.4, 0.5) is 13.2 Å². The summed E-state index contributed by atoms with van der Waals surface area (Å²) in [7, 11) is 0. The van der Waals surface area contributed by atoms with Gasteiger partial charge in [0.1, 0.15) is 0 Å². The van der Waals surface area contributed by atoms with Gasteiger partial charge in [-0.25, -0.2) is 0 Å². The summed E-state index contributed by atoms with van der Waals surface area (Å²) in [4.78, 5) is 26.6. The largest absolute Gasteiger partial charge is 0.471 e. The highest BCUT2D eigenvalue weighted by atomic mass is 19.4. The first-order valence-corrected chi connectivity index (χ1v) is 6.35. The number of rotatable bonds is 5. The fraction of sp³-hybridized carbons (Fsp3) is 0.200. The van der Waals surface area contributed by atoms with Crippen molar-refractivity contribution < 1.29 is 27.3 Å². The summed E-state index contributed by atoms with van der Waals surface area (Å²) in [6, 6.07) is 5.25. The topological polar surface area (TPSA) is 73.1 Å². The summed E-state index contributed by atoms with van der Waals surface area (Å²) in [5, 5.41) is 3.22. The Bertz CT molecular complexity index is 771. The second kappa shape index (κ2) is 6.44. The van der Waals surface area contributed by atoms with Crippen LogP contribution in [0.5, 0.6) is 0 Å². The minimum atomic E-state index is -4.73. The number of ketones is 2. The summed E-state index contributed by atoms with van der Waals surface area (Å²) in [6.45, 7) is 0. The third-order valence-electron chi connectivity index (χ3n) is 2.82. The number of nitrogens with zero attached hydrogens (tertiary/aromatic N) is 2. The van der Waals surface area contributed by atoms with Crippen LogP contribution in [0, 0.1) is 12.3 Å². The standard InChI is InChI=1S/C15H9F3N2O3/c1-2-3-4-11(21)12(22)9-5-7-10(8-6-9)13-19-14(23-20-13)15(16,17)18/h1,5-8H,3-4H2. The Hall–Kier alpha value is -2.95. The number of carbonyl (C=O) groups excluding carboxylic acids is 2. The summed E-state index contributed by atoms with van der Waals surface area (Å²) < 4.78 is 41.3. The van der Waals surface area contributed by atoms with Crippen LogP contribution in [0.2, 0.25) is 0 Å². The van der Waals surface area contributed by atoms with Crippen LogP contribution < -0.4 is 0 Å². The highest BCUT2D eigenvalue weighted by Crippen LogP contribution is 2.29. The highest BCUT2D eigenvalue weighted by molar-refractivity contribution is 6.43. The van der Waals surface area contributed by atoms with E-state index < -0.39 is 23.6 Å². The Morgan fingerprint density at radius 3 is 2.39 bits per heavy atom. The summed E-state index contributed by atoms with van der Waals surface area (Å²) in [5.74, 6) is -0.814. The number of hydrogen-bond donors (Lipinski definition) is 0. The molecule has 5 nitrogen and oxygen atoms in total. The molecule has 0 saturated heterocycles. The summed E-state index contributed by atoms with van der Waals surface area (Å²) in [5.41, 5.74) is 0.326. The third kappa shape index (κ3) is 3.83. The van der Waals surface area contributed by atoms with E-state index in [9.17, 15) is 22.8 Å². The van der Waals surface area contributed by atoms with E-state index in [1.165, 1.54) is 24.3 Å². The van der Waals surface area contributed by atoms with Crippen LogP contribution in [-0.2, 0) is 11.0 Å². The number of terminal acetylenes is 1. The second-order valence-corrected chi connectivity index (χ2v) is 4.45. The summed E-state index contributed by atoms with van der Waals surface area (Å²) >= 11 is 0. The van der Waals surface area contributed by atoms with Crippen molar-refractivity contribution in [2.75, 3.05) is 0 Å². The number of benzene rings is 1. The number of alkyl halides is 3. The molecule has 0 aliphatic rings. The van der Waals surface area contributed by atoms with Gasteiger partial charge in [0.2, 0.25) is 17.4 Å². The van der Waals surface area contributed by atoms with Gasteiger partial charge in [0.15, 0.2) is 0 Å². The number of aromatic nitrogens is 2. The minimum Gasteiger partial charge on any atom is -0.329 e. The molecule has 1 aromatic carbocycles. The van der Waals surface area contributed by atoms with Crippen molar-refractivity contribution in [1.82, 2.24) is 10.1 Å². The molecular formula is C15H9F3N2O3. The van der Waals surface area contributed by atoms with Crippen LogP contribution in [0.25, 0.3) is 11.4 Å². The monoisotopic (exact) mass is 322 g/mol. The highest BCUT2D eigenvalue weighted by Gasteiger charge is 2.38. The van der Waals surface area contributed by atoms with Gasteiger partial charge < -0.3 is 4.52 Å². The molecule has 0 unspecified atom stereocenters. The molecule has 0 spiro atoms. The van der Waals surface area contributed by atoms with Crippen LogP contribution in [0.15, 0.2) is 28.8 Å². The van der Waals surface area contributed by atoms with Crippen LogP contribution in [-0.4, -0.2) is 21.7 Å². The van der Waals surface area contributed by atoms with Crippen molar-refractivity contribution in [2.45, 2.75) is 19.0 Å². The van der Waals surface area contributed by atoms with E-state index in [0.717, 1.165) is 0 Å². The first-order valence-electron chi connectivity index (χ1n) is 6.35. The molecule has 23 heavy (non-hydrogen) atoms. The van der Waals surface area contributed by atoms with Crippen LogP contribution in [0.3, 0.4) is 0 Å². The predicted octanol–water partition coefficient (Wildman–Crippen LogP) is 2.92. The van der Waals surface area contributed by atoms with E-state index in [-0.39, 0.29) is 29.8 Å². The van der Waals surface area contributed by atoms with Crippen LogP contribution >= 0.6 is 0 Å². The van der Waals surface area contributed by atoms with Crippen molar-refractivity contribution in [3.63, 3.8) is 0 Å². The van der Waals surface area contributed by atoms with Gasteiger partial charge in [-0.1, -0.05) is 29.4 Å². The number of carbonyl (C=O) groups is 2.